The first-order valence-corrected chi connectivity index (χ1v) is 7.89. The van der Waals surface area contributed by atoms with E-state index < -0.39 is 0 Å². The maximum absolute atomic E-state index is 12.3. The predicted octanol–water partition coefficient (Wildman–Crippen LogP) is 3.47. The van der Waals surface area contributed by atoms with Gasteiger partial charge in [0.15, 0.2) is 0 Å². The zero-order valence-electron chi connectivity index (χ0n) is 11.5. The SMILES string of the molecule is CCc1cc2c(cc(C(=O)NC3CCCC3)n2C)s1. The van der Waals surface area contributed by atoms with Crippen LogP contribution >= 0.6 is 11.3 Å². The highest BCUT2D eigenvalue weighted by molar-refractivity contribution is 7.19. The number of hydrogen-bond acceptors (Lipinski definition) is 2. The van der Waals surface area contributed by atoms with Crippen molar-refractivity contribution < 1.29 is 4.79 Å². The Hall–Kier alpha value is -1.29. The van der Waals surface area contributed by atoms with Gasteiger partial charge in [-0.2, -0.15) is 0 Å². The van der Waals surface area contributed by atoms with Crippen LogP contribution in [-0.2, 0) is 13.5 Å². The Morgan fingerprint density at radius 1 is 1.42 bits per heavy atom. The summed E-state index contributed by atoms with van der Waals surface area (Å²) >= 11 is 1.79. The average Bonchev–Trinajstić information content (AvgIpc) is 3.07. The molecule has 3 nitrogen and oxygen atoms in total. The van der Waals surface area contributed by atoms with E-state index in [1.54, 1.807) is 11.3 Å². The first-order valence-electron chi connectivity index (χ1n) is 7.08. The molecule has 0 aliphatic heterocycles. The molecule has 1 aliphatic carbocycles. The quantitative estimate of drug-likeness (QED) is 0.915. The Morgan fingerprint density at radius 2 is 2.16 bits per heavy atom. The molecule has 1 saturated carbocycles. The molecule has 1 aliphatic rings. The van der Waals surface area contributed by atoms with Crippen molar-refractivity contribution in [1.82, 2.24) is 9.88 Å². The number of fused-ring (bicyclic) bond motifs is 1. The van der Waals surface area contributed by atoms with Crippen LogP contribution in [0.15, 0.2) is 12.1 Å². The largest absolute Gasteiger partial charge is 0.348 e. The second kappa shape index (κ2) is 5.00. The summed E-state index contributed by atoms with van der Waals surface area (Å²) in [6, 6.07) is 4.61. The minimum atomic E-state index is 0.0795. The minimum absolute atomic E-state index is 0.0795. The highest BCUT2D eigenvalue weighted by Crippen LogP contribution is 2.29. The molecule has 19 heavy (non-hydrogen) atoms. The lowest BCUT2D eigenvalue weighted by Crippen LogP contribution is -2.33. The van der Waals surface area contributed by atoms with Gasteiger partial charge in [-0.25, -0.2) is 0 Å². The molecule has 1 fully saturated rings. The molecule has 0 radical (unpaired) electrons. The van der Waals surface area contributed by atoms with Crippen molar-refractivity contribution in [1.29, 1.82) is 0 Å². The van der Waals surface area contributed by atoms with Gasteiger partial charge in [0.25, 0.3) is 5.91 Å². The number of aryl methyl sites for hydroxylation is 2. The fourth-order valence-electron chi connectivity index (χ4n) is 2.88. The monoisotopic (exact) mass is 276 g/mol. The van der Waals surface area contributed by atoms with Crippen molar-refractivity contribution >= 4 is 27.5 Å². The van der Waals surface area contributed by atoms with E-state index in [1.165, 1.54) is 27.9 Å². The molecule has 2 aromatic rings. The van der Waals surface area contributed by atoms with Crippen molar-refractivity contribution in [3.05, 3.63) is 22.7 Å². The van der Waals surface area contributed by atoms with E-state index in [0.29, 0.717) is 6.04 Å². The first-order chi connectivity index (χ1) is 9.19. The molecule has 0 bridgehead atoms. The van der Waals surface area contributed by atoms with Crippen LogP contribution < -0.4 is 5.32 Å². The summed E-state index contributed by atoms with van der Waals surface area (Å²) in [5.41, 5.74) is 1.97. The molecule has 3 rings (SSSR count). The number of thiophene rings is 1. The van der Waals surface area contributed by atoms with Crippen molar-refractivity contribution in [3.63, 3.8) is 0 Å². The summed E-state index contributed by atoms with van der Waals surface area (Å²) in [7, 11) is 1.98. The van der Waals surface area contributed by atoms with E-state index >= 15 is 0 Å². The molecule has 0 aromatic carbocycles. The number of rotatable bonds is 3. The van der Waals surface area contributed by atoms with Crippen LogP contribution in [0.5, 0.6) is 0 Å². The highest BCUT2D eigenvalue weighted by atomic mass is 32.1. The van der Waals surface area contributed by atoms with Crippen LogP contribution in [0.4, 0.5) is 0 Å². The predicted molar refractivity (Wildman–Crippen MR) is 79.9 cm³/mol. The van der Waals surface area contributed by atoms with E-state index in [0.717, 1.165) is 25.0 Å². The van der Waals surface area contributed by atoms with E-state index in [1.807, 2.05) is 17.7 Å². The highest BCUT2D eigenvalue weighted by Gasteiger charge is 2.20. The molecule has 2 aromatic heterocycles. The van der Waals surface area contributed by atoms with Gasteiger partial charge in [0.2, 0.25) is 0 Å². The zero-order valence-corrected chi connectivity index (χ0v) is 12.3. The number of nitrogens with zero attached hydrogens (tertiary/aromatic N) is 1. The van der Waals surface area contributed by atoms with Crippen molar-refractivity contribution in [2.24, 2.45) is 7.05 Å². The van der Waals surface area contributed by atoms with Gasteiger partial charge in [-0.05, 0) is 31.4 Å². The summed E-state index contributed by atoms with van der Waals surface area (Å²) in [6.45, 7) is 2.17. The van der Waals surface area contributed by atoms with Gasteiger partial charge in [-0.1, -0.05) is 19.8 Å². The van der Waals surface area contributed by atoms with Gasteiger partial charge in [0.05, 0.1) is 10.2 Å². The normalized spacial score (nSPS) is 16.3. The van der Waals surface area contributed by atoms with Crippen LogP contribution in [-0.4, -0.2) is 16.5 Å². The van der Waals surface area contributed by atoms with Crippen molar-refractivity contribution in [2.75, 3.05) is 0 Å². The third kappa shape index (κ3) is 2.29. The molecule has 1 N–H and O–H groups in total. The second-order valence-corrected chi connectivity index (χ2v) is 6.53. The molecule has 0 saturated heterocycles. The van der Waals surface area contributed by atoms with Gasteiger partial charge in [0.1, 0.15) is 5.69 Å². The Morgan fingerprint density at radius 3 is 2.79 bits per heavy atom. The van der Waals surface area contributed by atoms with Gasteiger partial charge in [-0.15, -0.1) is 11.3 Å². The van der Waals surface area contributed by atoms with Crippen LogP contribution in [0, 0.1) is 0 Å². The Labute approximate surface area is 117 Å². The van der Waals surface area contributed by atoms with Crippen LogP contribution in [0.3, 0.4) is 0 Å². The van der Waals surface area contributed by atoms with Crippen molar-refractivity contribution in [3.8, 4) is 0 Å². The third-order valence-corrected chi connectivity index (χ3v) is 5.27. The number of amides is 1. The molecule has 0 spiro atoms. The van der Waals surface area contributed by atoms with E-state index in [9.17, 15) is 4.79 Å². The first kappa shape index (κ1) is 12.7. The maximum atomic E-state index is 12.3. The van der Waals surface area contributed by atoms with E-state index in [2.05, 4.69) is 18.3 Å². The smallest absolute Gasteiger partial charge is 0.268 e. The average molecular weight is 276 g/mol. The standard InChI is InChI=1S/C15H20N2OS/c1-3-11-8-12-14(19-11)9-13(17(12)2)15(18)16-10-6-4-5-7-10/h8-10H,3-7H2,1-2H3,(H,16,18). The van der Waals surface area contributed by atoms with Gasteiger partial charge in [-0.3, -0.25) is 4.79 Å². The minimum Gasteiger partial charge on any atom is -0.348 e. The van der Waals surface area contributed by atoms with Crippen molar-refractivity contribution in [2.45, 2.75) is 45.1 Å². The topological polar surface area (TPSA) is 34.0 Å². The van der Waals surface area contributed by atoms with Gasteiger partial charge >= 0.3 is 0 Å². The number of hydrogen-bond donors (Lipinski definition) is 1. The maximum Gasteiger partial charge on any atom is 0.268 e. The fourth-order valence-corrected chi connectivity index (χ4v) is 3.95. The molecule has 1 amide bonds. The van der Waals surface area contributed by atoms with Crippen LogP contribution in [0.2, 0.25) is 0 Å². The molecule has 0 atom stereocenters. The number of aromatic nitrogens is 1. The molecular weight excluding hydrogens is 256 g/mol. The molecular formula is C15H20N2OS. The number of nitrogens with one attached hydrogen (secondary N) is 1. The molecule has 102 valence electrons. The Bertz CT molecular complexity index is 605. The summed E-state index contributed by atoms with van der Waals surface area (Å²) in [5, 5.41) is 3.16. The third-order valence-electron chi connectivity index (χ3n) is 4.05. The van der Waals surface area contributed by atoms with Gasteiger partial charge < -0.3 is 9.88 Å². The Kier molecular flexibility index (Phi) is 3.35. The summed E-state index contributed by atoms with van der Waals surface area (Å²) < 4.78 is 3.24. The van der Waals surface area contributed by atoms with E-state index in [4.69, 9.17) is 0 Å². The Balaban J connectivity index is 1.85. The second-order valence-electron chi connectivity index (χ2n) is 5.36. The molecule has 2 heterocycles. The molecule has 4 heteroatoms. The van der Waals surface area contributed by atoms with Crippen LogP contribution in [0.25, 0.3) is 10.2 Å². The number of carbonyl (C=O) groups is 1. The van der Waals surface area contributed by atoms with Crippen LogP contribution in [0.1, 0.15) is 48.0 Å². The summed E-state index contributed by atoms with van der Waals surface area (Å²) in [5.74, 6) is 0.0795. The summed E-state index contributed by atoms with van der Waals surface area (Å²) in [6.07, 6.45) is 5.80. The summed E-state index contributed by atoms with van der Waals surface area (Å²) in [4.78, 5) is 13.7. The lowest BCUT2D eigenvalue weighted by molar-refractivity contribution is 0.0930. The number of carbonyl (C=O) groups excluding carboxylic acids is 1. The van der Waals surface area contributed by atoms with E-state index in [-0.39, 0.29) is 5.91 Å². The van der Waals surface area contributed by atoms with Gasteiger partial charge in [0, 0.05) is 18.0 Å². The molecule has 0 unspecified atom stereocenters. The lowest BCUT2D eigenvalue weighted by atomic mass is 10.2. The fraction of sp³-hybridized carbons (Fsp3) is 0.533. The zero-order chi connectivity index (χ0) is 13.4. The lowest BCUT2D eigenvalue weighted by Gasteiger charge is -2.12.